The maximum atomic E-state index is 11.9. The van der Waals surface area contributed by atoms with Crippen molar-refractivity contribution >= 4 is 21.9 Å². The highest BCUT2D eigenvalue weighted by Gasteiger charge is 2.24. The molecule has 18 heavy (non-hydrogen) atoms. The van der Waals surface area contributed by atoms with Crippen LogP contribution in [0.3, 0.4) is 0 Å². The van der Waals surface area contributed by atoms with Crippen LogP contribution in [0, 0.1) is 0 Å². The molecule has 0 radical (unpaired) electrons. The van der Waals surface area contributed by atoms with E-state index in [-0.39, 0.29) is 5.97 Å². The minimum atomic E-state index is -0.316. The summed E-state index contributed by atoms with van der Waals surface area (Å²) in [6.07, 6.45) is 4.33. The second-order valence-electron chi connectivity index (χ2n) is 4.32. The van der Waals surface area contributed by atoms with Gasteiger partial charge in [0.1, 0.15) is 11.3 Å². The molecule has 4 heteroatoms. The van der Waals surface area contributed by atoms with Gasteiger partial charge in [-0.25, -0.2) is 4.79 Å². The van der Waals surface area contributed by atoms with Crippen molar-refractivity contribution in [1.82, 2.24) is 0 Å². The van der Waals surface area contributed by atoms with Crippen molar-refractivity contribution in [3.8, 4) is 5.75 Å². The molecule has 3 nitrogen and oxygen atoms in total. The van der Waals surface area contributed by atoms with Gasteiger partial charge in [0.25, 0.3) is 0 Å². The molecule has 0 bridgehead atoms. The summed E-state index contributed by atoms with van der Waals surface area (Å²) in [6.45, 7) is 2.18. The van der Waals surface area contributed by atoms with Crippen molar-refractivity contribution < 1.29 is 14.3 Å². The lowest BCUT2D eigenvalue weighted by molar-refractivity contribution is 0.0522. The standard InChI is InChI=1S/C14H17BrO3/c1-3-18-14(16)11-8-12(15)9-6-4-5-7-10(9)13(11)17-2/h8H,3-7H2,1-2H3. The first kappa shape index (κ1) is 13.4. The average molecular weight is 313 g/mol. The summed E-state index contributed by atoms with van der Waals surface area (Å²) in [5, 5.41) is 0. The van der Waals surface area contributed by atoms with Crippen LogP contribution in [-0.2, 0) is 17.6 Å². The number of fused-ring (bicyclic) bond motifs is 1. The van der Waals surface area contributed by atoms with E-state index in [0.717, 1.165) is 29.3 Å². The largest absolute Gasteiger partial charge is 0.496 e. The Labute approximate surface area is 116 Å². The first-order chi connectivity index (χ1) is 8.69. The second kappa shape index (κ2) is 5.74. The zero-order valence-electron chi connectivity index (χ0n) is 10.7. The molecule has 0 N–H and O–H groups in total. The van der Waals surface area contributed by atoms with Crippen LogP contribution < -0.4 is 4.74 Å². The number of methoxy groups -OCH3 is 1. The van der Waals surface area contributed by atoms with Crippen molar-refractivity contribution in [3.63, 3.8) is 0 Å². The third-order valence-electron chi connectivity index (χ3n) is 3.25. The van der Waals surface area contributed by atoms with Crippen LogP contribution in [0.5, 0.6) is 5.75 Å². The molecule has 1 aromatic carbocycles. The Hall–Kier alpha value is -1.03. The van der Waals surface area contributed by atoms with Crippen LogP contribution >= 0.6 is 15.9 Å². The molecule has 0 saturated carbocycles. The Bertz CT molecular complexity index is 469. The lowest BCUT2D eigenvalue weighted by atomic mass is 9.89. The third-order valence-corrected chi connectivity index (χ3v) is 3.95. The molecule has 2 rings (SSSR count). The molecule has 1 aliphatic rings. The Kier molecular flexibility index (Phi) is 4.27. The summed E-state index contributed by atoms with van der Waals surface area (Å²) in [4.78, 5) is 11.9. The van der Waals surface area contributed by atoms with E-state index in [1.54, 1.807) is 14.0 Å². The predicted molar refractivity (Wildman–Crippen MR) is 73.3 cm³/mol. The van der Waals surface area contributed by atoms with Gasteiger partial charge in [-0.15, -0.1) is 0 Å². The Morgan fingerprint density at radius 3 is 2.61 bits per heavy atom. The second-order valence-corrected chi connectivity index (χ2v) is 5.18. The molecule has 0 heterocycles. The summed E-state index contributed by atoms with van der Waals surface area (Å²) < 4.78 is 11.5. The van der Waals surface area contributed by atoms with Gasteiger partial charge >= 0.3 is 5.97 Å². The number of halogens is 1. The molecule has 1 aliphatic carbocycles. The van der Waals surface area contributed by atoms with Crippen molar-refractivity contribution in [2.24, 2.45) is 0 Å². The molecule has 1 aromatic rings. The number of benzene rings is 1. The highest BCUT2D eigenvalue weighted by Crippen LogP contribution is 2.38. The van der Waals surface area contributed by atoms with E-state index in [1.165, 1.54) is 12.0 Å². The Morgan fingerprint density at radius 2 is 2.00 bits per heavy atom. The molecule has 0 atom stereocenters. The van der Waals surface area contributed by atoms with E-state index in [4.69, 9.17) is 9.47 Å². The minimum absolute atomic E-state index is 0.316. The van der Waals surface area contributed by atoms with E-state index in [1.807, 2.05) is 6.07 Å². The maximum absolute atomic E-state index is 11.9. The normalized spacial score (nSPS) is 13.9. The minimum Gasteiger partial charge on any atom is -0.496 e. The Balaban J connectivity index is 2.53. The molecule has 0 aliphatic heterocycles. The number of esters is 1. The topological polar surface area (TPSA) is 35.5 Å². The molecule has 0 aromatic heterocycles. The quantitative estimate of drug-likeness (QED) is 0.801. The van der Waals surface area contributed by atoms with Gasteiger partial charge in [0.05, 0.1) is 13.7 Å². The van der Waals surface area contributed by atoms with Crippen LogP contribution in [0.25, 0.3) is 0 Å². The van der Waals surface area contributed by atoms with Gasteiger partial charge in [0, 0.05) is 4.47 Å². The summed E-state index contributed by atoms with van der Waals surface area (Å²) in [5.74, 6) is 0.370. The van der Waals surface area contributed by atoms with Crippen molar-refractivity contribution in [3.05, 3.63) is 27.2 Å². The van der Waals surface area contributed by atoms with Gasteiger partial charge in [-0.2, -0.15) is 0 Å². The molecular weight excluding hydrogens is 296 g/mol. The number of ether oxygens (including phenoxy) is 2. The van der Waals surface area contributed by atoms with Crippen LogP contribution in [0.2, 0.25) is 0 Å². The zero-order chi connectivity index (χ0) is 13.1. The molecule has 0 fully saturated rings. The monoisotopic (exact) mass is 312 g/mol. The number of rotatable bonds is 3. The van der Waals surface area contributed by atoms with Gasteiger partial charge in [0.2, 0.25) is 0 Å². The third kappa shape index (κ3) is 2.39. The average Bonchev–Trinajstić information content (AvgIpc) is 2.39. The SMILES string of the molecule is CCOC(=O)c1cc(Br)c2c(c1OC)CCCC2. The van der Waals surface area contributed by atoms with E-state index >= 15 is 0 Å². The van der Waals surface area contributed by atoms with Crippen molar-refractivity contribution in [2.75, 3.05) is 13.7 Å². The summed E-state index contributed by atoms with van der Waals surface area (Å²) in [7, 11) is 1.61. The smallest absolute Gasteiger partial charge is 0.341 e. The highest BCUT2D eigenvalue weighted by atomic mass is 79.9. The van der Waals surface area contributed by atoms with E-state index in [2.05, 4.69) is 15.9 Å². The Morgan fingerprint density at radius 1 is 1.33 bits per heavy atom. The van der Waals surface area contributed by atoms with Crippen molar-refractivity contribution in [2.45, 2.75) is 32.6 Å². The summed E-state index contributed by atoms with van der Waals surface area (Å²) in [5.41, 5.74) is 2.94. The maximum Gasteiger partial charge on any atom is 0.341 e. The van der Waals surface area contributed by atoms with E-state index < -0.39 is 0 Å². The first-order valence-electron chi connectivity index (χ1n) is 6.24. The highest BCUT2D eigenvalue weighted by molar-refractivity contribution is 9.10. The van der Waals surface area contributed by atoms with Gasteiger partial charge in [0.15, 0.2) is 0 Å². The molecule has 0 amide bonds. The lowest BCUT2D eigenvalue weighted by Crippen LogP contribution is -2.13. The number of carbonyl (C=O) groups excluding carboxylic acids is 1. The van der Waals surface area contributed by atoms with Gasteiger partial charge in [-0.1, -0.05) is 15.9 Å². The zero-order valence-corrected chi connectivity index (χ0v) is 12.3. The molecule has 0 unspecified atom stereocenters. The van der Waals surface area contributed by atoms with Crippen LogP contribution in [0.1, 0.15) is 41.3 Å². The van der Waals surface area contributed by atoms with Crippen LogP contribution in [0.15, 0.2) is 10.5 Å². The fourth-order valence-corrected chi connectivity index (χ4v) is 3.12. The van der Waals surface area contributed by atoms with E-state index in [9.17, 15) is 4.79 Å². The number of hydrogen-bond acceptors (Lipinski definition) is 3. The fraction of sp³-hybridized carbons (Fsp3) is 0.500. The lowest BCUT2D eigenvalue weighted by Gasteiger charge is -2.22. The summed E-state index contributed by atoms with van der Waals surface area (Å²) >= 11 is 3.55. The molecular formula is C14H17BrO3. The van der Waals surface area contributed by atoms with Gasteiger partial charge in [-0.3, -0.25) is 0 Å². The van der Waals surface area contributed by atoms with Crippen LogP contribution in [-0.4, -0.2) is 19.7 Å². The molecule has 0 spiro atoms. The fourth-order valence-electron chi connectivity index (χ4n) is 2.46. The molecule has 0 saturated heterocycles. The first-order valence-corrected chi connectivity index (χ1v) is 7.03. The van der Waals surface area contributed by atoms with Gasteiger partial charge < -0.3 is 9.47 Å². The van der Waals surface area contributed by atoms with E-state index in [0.29, 0.717) is 17.9 Å². The summed E-state index contributed by atoms with van der Waals surface area (Å²) in [6, 6.07) is 1.82. The van der Waals surface area contributed by atoms with Crippen LogP contribution in [0.4, 0.5) is 0 Å². The molecule has 98 valence electrons. The van der Waals surface area contributed by atoms with Crippen molar-refractivity contribution in [1.29, 1.82) is 0 Å². The number of hydrogen-bond donors (Lipinski definition) is 0. The predicted octanol–water partition coefficient (Wildman–Crippen LogP) is 3.51. The number of carbonyl (C=O) groups is 1. The van der Waals surface area contributed by atoms with Gasteiger partial charge in [-0.05, 0) is 49.8 Å².